The van der Waals surface area contributed by atoms with Gasteiger partial charge in [-0.25, -0.2) is 4.68 Å². The minimum absolute atomic E-state index is 0.368. The Balaban J connectivity index is 2.23. The summed E-state index contributed by atoms with van der Waals surface area (Å²) in [5.74, 6) is 0. The zero-order valence-corrected chi connectivity index (χ0v) is 13.9. The molecular weight excluding hydrogens is 302 g/mol. The number of nitrogens with zero attached hydrogens (tertiary/aromatic N) is 2. The van der Waals surface area contributed by atoms with E-state index in [-0.39, 0.29) is 0 Å². The number of halogens is 1. The van der Waals surface area contributed by atoms with Crippen molar-refractivity contribution in [3.63, 3.8) is 0 Å². The third kappa shape index (κ3) is 3.52. The second-order valence-corrected chi connectivity index (χ2v) is 6.60. The van der Waals surface area contributed by atoms with E-state index in [1.807, 2.05) is 6.07 Å². The second kappa shape index (κ2) is 6.04. The highest BCUT2D eigenvalue weighted by Gasteiger charge is 2.40. The van der Waals surface area contributed by atoms with Gasteiger partial charge in [-0.2, -0.15) is 5.10 Å². The smallest absolute Gasteiger partial charge is 0.423 e. The van der Waals surface area contributed by atoms with E-state index in [0.717, 1.165) is 5.69 Å². The standard InChI is InChI=1S/C15H20BClN2O3/c1-14(2,20)15(3,4)22-16(21)12-7-6-11(10-13(12)17)19-9-5-8-18-19/h5-10,20-21H,1-4H3. The summed E-state index contributed by atoms with van der Waals surface area (Å²) in [6.45, 7) is 6.68. The quantitative estimate of drug-likeness (QED) is 0.824. The van der Waals surface area contributed by atoms with E-state index < -0.39 is 18.3 Å². The molecule has 0 aliphatic carbocycles. The van der Waals surface area contributed by atoms with Crippen molar-refractivity contribution in [2.24, 2.45) is 0 Å². The maximum absolute atomic E-state index is 10.3. The van der Waals surface area contributed by atoms with Gasteiger partial charge in [0, 0.05) is 22.9 Å². The Kier molecular flexibility index (Phi) is 4.68. The van der Waals surface area contributed by atoms with Crippen molar-refractivity contribution in [2.45, 2.75) is 38.9 Å². The van der Waals surface area contributed by atoms with E-state index in [9.17, 15) is 10.1 Å². The first-order valence-corrected chi connectivity index (χ1v) is 7.37. The van der Waals surface area contributed by atoms with Crippen LogP contribution in [0, 0.1) is 0 Å². The first-order valence-electron chi connectivity index (χ1n) is 6.99. The summed E-state index contributed by atoms with van der Waals surface area (Å²) in [4.78, 5) is 0. The van der Waals surface area contributed by atoms with E-state index in [1.54, 1.807) is 63.0 Å². The number of hydrogen-bond acceptors (Lipinski definition) is 4. The van der Waals surface area contributed by atoms with E-state index in [2.05, 4.69) is 5.10 Å². The van der Waals surface area contributed by atoms with Crippen LogP contribution in [-0.2, 0) is 4.65 Å². The van der Waals surface area contributed by atoms with Crippen LogP contribution in [0.4, 0.5) is 0 Å². The first-order chi connectivity index (χ1) is 10.1. The lowest BCUT2D eigenvalue weighted by atomic mass is 9.76. The summed E-state index contributed by atoms with van der Waals surface area (Å²) in [7, 11) is -1.24. The second-order valence-electron chi connectivity index (χ2n) is 6.20. The molecule has 1 heterocycles. The average molecular weight is 323 g/mol. The van der Waals surface area contributed by atoms with E-state index >= 15 is 0 Å². The molecule has 1 aromatic heterocycles. The van der Waals surface area contributed by atoms with Crippen molar-refractivity contribution in [2.75, 3.05) is 0 Å². The maximum Gasteiger partial charge on any atom is 0.493 e. The van der Waals surface area contributed by atoms with Gasteiger partial charge in [0.05, 0.1) is 16.9 Å². The van der Waals surface area contributed by atoms with Crippen molar-refractivity contribution < 1.29 is 14.8 Å². The lowest BCUT2D eigenvalue weighted by Crippen LogP contribution is -2.53. The summed E-state index contributed by atoms with van der Waals surface area (Å²) in [6, 6.07) is 6.99. The molecule has 0 bridgehead atoms. The Morgan fingerprint density at radius 3 is 2.45 bits per heavy atom. The Labute approximate surface area is 135 Å². The number of rotatable bonds is 5. The van der Waals surface area contributed by atoms with Gasteiger partial charge in [-0.05, 0) is 45.9 Å². The van der Waals surface area contributed by atoms with Crippen LogP contribution >= 0.6 is 11.6 Å². The number of benzene rings is 1. The van der Waals surface area contributed by atoms with Crippen molar-refractivity contribution in [3.05, 3.63) is 41.7 Å². The number of aliphatic hydroxyl groups is 1. The zero-order chi connectivity index (χ0) is 16.5. The summed E-state index contributed by atoms with van der Waals surface area (Å²) in [5, 5.41) is 24.9. The molecule has 118 valence electrons. The topological polar surface area (TPSA) is 67.5 Å². The predicted octanol–water partition coefficient (Wildman–Crippen LogP) is 1.78. The summed E-state index contributed by atoms with van der Waals surface area (Å²) < 4.78 is 7.27. The van der Waals surface area contributed by atoms with Crippen LogP contribution in [0.25, 0.3) is 5.69 Å². The van der Waals surface area contributed by atoms with E-state index in [4.69, 9.17) is 16.3 Å². The van der Waals surface area contributed by atoms with Crippen molar-refractivity contribution in [1.29, 1.82) is 0 Å². The van der Waals surface area contributed by atoms with Gasteiger partial charge < -0.3 is 14.8 Å². The number of aromatic nitrogens is 2. The molecule has 7 heteroatoms. The Morgan fingerprint density at radius 2 is 1.95 bits per heavy atom. The summed E-state index contributed by atoms with van der Waals surface area (Å²) >= 11 is 6.24. The SMILES string of the molecule is CC(C)(O)C(C)(C)OB(O)c1ccc(-n2cccn2)cc1Cl. The lowest BCUT2D eigenvalue weighted by Gasteiger charge is -2.38. The third-order valence-corrected chi connectivity index (χ3v) is 4.23. The highest BCUT2D eigenvalue weighted by molar-refractivity contribution is 6.64. The van der Waals surface area contributed by atoms with Crippen molar-refractivity contribution in [1.82, 2.24) is 9.78 Å². The molecule has 1 aromatic carbocycles. The van der Waals surface area contributed by atoms with Gasteiger partial charge in [-0.3, -0.25) is 0 Å². The third-order valence-electron chi connectivity index (χ3n) is 3.90. The van der Waals surface area contributed by atoms with Crippen molar-refractivity contribution in [3.8, 4) is 5.69 Å². The first kappa shape index (κ1) is 17.0. The fraction of sp³-hybridized carbons (Fsp3) is 0.400. The molecular formula is C15H20BClN2O3. The van der Waals surface area contributed by atoms with Crippen LogP contribution in [0.1, 0.15) is 27.7 Å². The molecule has 22 heavy (non-hydrogen) atoms. The molecule has 5 nitrogen and oxygen atoms in total. The van der Waals surface area contributed by atoms with Crippen LogP contribution < -0.4 is 5.46 Å². The Bertz CT molecular complexity index is 639. The fourth-order valence-corrected chi connectivity index (χ4v) is 2.04. The Morgan fingerprint density at radius 1 is 1.27 bits per heavy atom. The molecule has 2 aromatic rings. The summed E-state index contributed by atoms with van der Waals surface area (Å²) in [6.07, 6.45) is 3.47. The van der Waals surface area contributed by atoms with Crippen LogP contribution in [-0.4, -0.2) is 38.2 Å². The molecule has 0 saturated heterocycles. The average Bonchev–Trinajstić information content (AvgIpc) is 2.90. The highest BCUT2D eigenvalue weighted by Crippen LogP contribution is 2.26. The predicted molar refractivity (Wildman–Crippen MR) is 87.6 cm³/mol. The largest absolute Gasteiger partial charge is 0.493 e. The maximum atomic E-state index is 10.3. The molecule has 0 fully saturated rings. The molecule has 2 N–H and O–H groups in total. The van der Waals surface area contributed by atoms with Gasteiger partial charge in [0.1, 0.15) is 0 Å². The van der Waals surface area contributed by atoms with Gasteiger partial charge in [0.25, 0.3) is 0 Å². The zero-order valence-electron chi connectivity index (χ0n) is 13.1. The molecule has 2 rings (SSSR count). The van der Waals surface area contributed by atoms with Gasteiger partial charge in [0.15, 0.2) is 0 Å². The van der Waals surface area contributed by atoms with Gasteiger partial charge in [-0.1, -0.05) is 17.7 Å². The monoisotopic (exact) mass is 322 g/mol. The molecule has 0 aliphatic heterocycles. The molecule has 0 radical (unpaired) electrons. The molecule has 0 unspecified atom stereocenters. The molecule has 0 atom stereocenters. The fourth-order valence-electron chi connectivity index (χ4n) is 1.77. The van der Waals surface area contributed by atoms with Gasteiger partial charge in [0.2, 0.25) is 0 Å². The van der Waals surface area contributed by atoms with Crippen LogP contribution in [0.5, 0.6) is 0 Å². The van der Waals surface area contributed by atoms with Crippen molar-refractivity contribution >= 4 is 24.2 Å². The highest BCUT2D eigenvalue weighted by atomic mass is 35.5. The van der Waals surface area contributed by atoms with Gasteiger partial charge in [-0.15, -0.1) is 0 Å². The summed E-state index contributed by atoms with van der Waals surface area (Å²) in [5.41, 5.74) is -0.839. The Hall–Kier alpha value is -1.34. The molecule has 0 saturated carbocycles. The lowest BCUT2D eigenvalue weighted by molar-refractivity contribution is -0.0982. The van der Waals surface area contributed by atoms with E-state index in [1.165, 1.54) is 0 Å². The molecule has 0 aliphatic rings. The minimum Gasteiger partial charge on any atom is -0.423 e. The van der Waals surface area contributed by atoms with Crippen LogP contribution in [0.15, 0.2) is 36.7 Å². The van der Waals surface area contributed by atoms with Crippen LogP contribution in [0.3, 0.4) is 0 Å². The molecule has 0 spiro atoms. The van der Waals surface area contributed by atoms with Crippen LogP contribution in [0.2, 0.25) is 5.02 Å². The minimum atomic E-state index is -1.24. The van der Waals surface area contributed by atoms with E-state index in [0.29, 0.717) is 10.5 Å². The van der Waals surface area contributed by atoms with Gasteiger partial charge >= 0.3 is 7.12 Å². The number of hydrogen-bond donors (Lipinski definition) is 2. The normalized spacial score (nSPS) is 12.5. The molecule has 0 amide bonds.